The lowest BCUT2D eigenvalue weighted by Gasteiger charge is -2.39. The second kappa shape index (κ2) is 4.44. The normalized spacial score (nSPS) is 24.4. The van der Waals surface area contributed by atoms with Gasteiger partial charge in [-0.2, -0.15) is 0 Å². The molecular formula is C13H20N2O. The van der Waals surface area contributed by atoms with Gasteiger partial charge in [0.15, 0.2) is 0 Å². The number of likely N-dealkylation sites (N-methyl/N-ethyl adjacent to an activating group) is 1. The fourth-order valence-electron chi connectivity index (χ4n) is 2.13. The highest BCUT2D eigenvalue weighted by Crippen LogP contribution is 2.32. The zero-order valence-corrected chi connectivity index (χ0v) is 10.2. The summed E-state index contributed by atoms with van der Waals surface area (Å²) in [5.74, 6) is 0.934. The molecule has 2 rings (SSSR count). The van der Waals surface area contributed by atoms with Gasteiger partial charge in [-0.05, 0) is 27.0 Å². The van der Waals surface area contributed by atoms with Crippen molar-refractivity contribution in [3.63, 3.8) is 0 Å². The minimum Gasteiger partial charge on any atom is -0.492 e. The number of rotatable bonds is 2. The third-order valence-corrected chi connectivity index (χ3v) is 3.44. The molecule has 1 aliphatic rings. The molecule has 1 aromatic carbocycles. The molecule has 3 heteroatoms. The molecule has 1 aliphatic heterocycles. The van der Waals surface area contributed by atoms with Gasteiger partial charge in [0.25, 0.3) is 0 Å². The van der Waals surface area contributed by atoms with Gasteiger partial charge >= 0.3 is 0 Å². The zero-order chi connectivity index (χ0) is 11.7. The molecule has 0 amide bonds. The molecule has 0 aliphatic carbocycles. The van der Waals surface area contributed by atoms with E-state index in [-0.39, 0.29) is 12.1 Å². The van der Waals surface area contributed by atoms with Crippen LogP contribution in [0.15, 0.2) is 24.3 Å². The summed E-state index contributed by atoms with van der Waals surface area (Å²) in [6, 6.07) is 8.82. The van der Waals surface area contributed by atoms with Crippen LogP contribution in [-0.4, -0.2) is 30.6 Å². The Kier molecular flexibility index (Phi) is 3.17. The molecule has 0 aromatic heterocycles. The highest BCUT2D eigenvalue weighted by atomic mass is 16.5. The highest BCUT2D eigenvalue weighted by Gasteiger charge is 2.31. The molecule has 1 heterocycles. The van der Waals surface area contributed by atoms with Gasteiger partial charge < -0.3 is 10.5 Å². The van der Waals surface area contributed by atoms with Crippen molar-refractivity contribution in [3.05, 3.63) is 29.8 Å². The second-order valence-electron chi connectivity index (χ2n) is 4.70. The Hall–Kier alpha value is -1.06. The first-order valence-corrected chi connectivity index (χ1v) is 5.80. The average molecular weight is 220 g/mol. The quantitative estimate of drug-likeness (QED) is 0.825. The zero-order valence-electron chi connectivity index (χ0n) is 10.2. The third kappa shape index (κ3) is 1.93. The van der Waals surface area contributed by atoms with Crippen molar-refractivity contribution < 1.29 is 4.74 Å². The molecule has 2 N–H and O–H groups in total. The van der Waals surface area contributed by atoms with Crippen LogP contribution in [0.3, 0.4) is 0 Å². The number of benzene rings is 1. The number of hydrogen-bond acceptors (Lipinski definition) is 3. The van der Waals surface area contributed by atoms with Crippen LogP contribution in [0.2, 0.25) is 0 Å². The van der Waals surface area contributed by atoms with Gasteiger partial charge in [0, 0.05) is 11.6 Å². The lowest BCUT2D eigenvalue weighted by Crippen LogP contribution is -2.49. The SMILES string of the molecule is CC(C)N(C)C1COc2ccccc2C1N. The van der Waals surface area contributed by atoms with Crippen LogP contribution in [0.1, 0.15) is 25.5 Å². The number of para-hydroxylation sites is 1. The number of ether oxygens (including phenoxy) is 1. The molecule has 0 saturated heterocycles. The van der Waals surface area contributed by atoms with Crippen LogP contribution in [0, 0.1) is 0 Å². The minimum atomic E-state index is 0.0392. The van der Waals surface area contributed by atoms with Gasteiger partial charge in [-0.25, -0.2) is 0 Å². The Morgan fingerprint density at radius 1 is 1.38 bits per heavy atom. The Morgan fingerprint density at radius 2 is 2.06 bits per heavy atom. The van der Waals surface area contributed by atoms with E-state index in [2.05, 4.69) is 31.9 Å². The summed E-state index contributed by atoms with van der Waals surface area (Å²) in [6.45, 7) is 5.02. The van der Waals surface area contributed by atoms with Crippen LogP contribution in [-0.2, 0) is 0 Å². The van der Waals surface area contributed by atoms with E-state index in [9.17, 15) is 0 Å². The number of nitrogens with two attached hydrogens (primary N) is 1. The van der Waals surface area contributed by atoms with E-state index in [4.69, 9.17) is 10.5 Å². The van der Waals surface area contributed by atoms with Crippen molar-refractivity contribution in [3.8, 4) is 5.75 Å². The van der Waals surface area contributed by atoms with Crippen molar-refractivity contribution in [2.24, 2.45) is 5.73 Å². The van der Waals surface area contributed by atoms with E-state index in [1.54, 1.807) is 0 Å². The topological polar surface area (TPSA) is 38.5 Å². The van der Waals surface area contributed by atoms with Crippen LogP contribution in [0.5, 0.6) is 5.75 Å². The van der Waals surface area contributed by atoms with Crippen molar-refractivity contribution in [1.82, 2.24) is 4.90 Å². The first-order valence-electron chi connectivity index (χ1n) is 5.80. The number of hydrogen-bond donors (Lipinski definition) is 1. The lowest BCUT2D eigenvalue weighted by atomic mass is 9.95. The monoisotopic (exact) mass is 220 g/mol. The average Bonchev–Trinajstić information content (AvgIpc) is 2.29. The van der Waals surface area contributed by atoms with E-state index < -0.39 is 0 Å². The number of fused-ring (bicyclic) bond motifs is 1. The predicted octanol–water partition coefficient (Wildman–Crippen LogP) is 1.79. The van der Waals surface area contributed by atoms with Gasteiger partial charge in [-0.3, -0.25) is 4.90 Å². The van der Waals surface area contributed by atoms with E-state index in [1.165, 1.54) is 0 Å². The van der Waals surface area contributed by atoms with Crippen LogP contribution >= 0.6 is 0 Å². The Morgan fingerprint density at radius 3 is 2.75 bits per heavy atom. The molecular weight excluding hydrogens is 200 g/mol. The summed E-state index contributed by atoms with van der Waals surface area (Å²) in [7, 11) is 2.10. The van der Waals surface area contributed by atoms with E-state index in [0.29, 0.717) is 12.6 Å². The van der Waals surface area contributed by atoms with Crippen LogP contribution < -0.4 is 10.5 Å². The van der Waals surface area contributed by atoms with Crippen molar-refractivity contribution in [1.29, 1.82) is 0 Å². The second-order valence-corrected chi connectivity index (χ2v) is 4.70. The first kappa shape index (κ1) is 11.4. The molecule has 88 valence electrons. The fourth-order valence-corrected chi connectivity index (χ4v) is 2.13. The molecule has 1 aromatic rings. The smallest absolute Gasteiger partial charge is 0.124 e. The summed E-state index contributed by atoms with van der Waals surface area (Å²) in [5.41, 5.74) is 7.42. The summed E-state index contributed by atoms with van der Waals surface area (Å²) in [6.07, 6.45) is 0. The van der Waals surface area contributed by atoms with Crippen molar-refractivity contribution >= 4 is 0 Å². The Balaban J connectivity index is 2.24. The molecule has 0 bridgehead atoms. The molecule has 0 saturated carbocycles. The standard InChI is InChI=1S/C13H20N2O/c1-9(2)15(3)11-8-16-12-7-5-4-6-10(12)13(11)14/h4-7,9,11,13H,8,14H2,1-3H3. The number of nitrogens with zero attached hydrogens (tertiary/aromatic N) is 1. The summed E-state index contributed by atoms with van der Waals surface area (Å²) >= 11 is 0. The molecule has 0 spiro atoms. The van der Waals surface area contributed by atoms with Crippen molar-refractivity contribution in [2.45, 2.75) is 32.0 Å². The Labute approximate surface area is 97.2 Å². The molecule has 16 heavy (non-hydrogen) atoms. The van der Waals surface area contributed by atoms with Crippen molar-refractivity contribution in [2.75, 3.05) is 13.7 Å². The molecule has 0 fully saturated rings. The molecule has 0 radical (unpaired) electrons. The Bertz CT molecular complexity index is 365. The van der Waals surface area contributed by atoms with Gasteiger partial charge in [0.2, 0.25) is 0 Å². The maximum absolute atomic E-state index is 6.31. The van der Waals surface area contributed by atoms with E-state index in [1.807, 2.05) is 18.2 Å². The van der Waals surface area contributed by atoms with E-state index in [0.717, 1.165) is 11.3 Å². The fraction of sp³-hybridized carbons (Fsp3) is 0.538. The third-order valence-electron chi connectivity index (χ3n) is 3.44. The lowest BCUT2D eigenvalue weighted by molar-refractivity contribution is 0.0966. The highest BCUT2D eigenvalue weighted by molar-refractivity contribution is 5.38. The maximum atomic E-state index is 6.31. The van der Waals surface area contributed by atoms with Gasteiger partial charge in [0.05, 0.1) is 12.1 Å². The van der Waals surface area contributed by atoms with Crippen LogP contribution in [0.4, 0.5) is 0 Å². The van der Waals surface area contributed by atoms with Gasteiger partial charge in [0.1, 0.15) is 12.4 Å². The summed E-state index contributed by atoms with van der Waals surface area (Å²) in [4.78, 5) is 2.28. The summed E-state index contributed by atoms with van der Waals surface area (Å²) < 4.78 is 5.76. The summed E-state index contributed by atoms with van der Waals surface area (Å²) in [5, 5.41) is 0. The van der Waals surface area contributed by atoms with Crippen LogP contribution in [0.25, 0.3) is 0 Å². The first-order chi connectivity index (χ1) is 7.61. The molecule has 2 atom stereocenters. The molecule has 2 unspecified atom stereocenters. The molecule has 3 nitrogen and oxygen atoms in total. The van der Waals surface area contributed by atoms with Gasteiger partial charge in [-0.1, -0.05) is 18.2 Å². The minimum absolute atomic E-state index is 0.0392. The predicted molar refractivity (Wildman–Crippen MR) is 65.6 cm³/mol. The van der Waals surface area contributed by atoms with E-state index >= 15 is 0 Å². The largest absolute Gasteiger partial charge is 0.492 e. The van der Waals surface area contributed by atoms with Gasteiger partial charge in [-0.15, -0.1) is 0 Å². The maximum Gasteiger partial charge on any atom is 0.124 e.